The molecule has 0 bridgehead atoms. The minimum atomic E-state index is -0.320. The van der Waals surface area contributed by atoms with Crippen LogP contribution in [0.15, 0.2) is 34.1 Å². The van der Waals surface area contributed by atoms with E-state index in [1.54, 1.807) is 12.1 Å². The van der Waals surface area contributed by atoms with Crippen molar-refractivity contribution in [1.29, 1.82) is 0 Å². The molecular formula is C15H15BrN2O2S. The highest BCUT2D eigenvalue weighted by atomic mass is 79.9. The number of hydrogen-bond donors (Lipinski definition) is 2. The summed E-state index contributed by atoms with van der Waals surface area (Å²) in [5, 5.41) is 0. The van der Waals surface area contributed by atoms with Crippen LogP contribution in [0.3, 0.4) is 0 Å². The second kappa shape index (κ2) is 6.87. The van der Waals surface area contributed by atoms with Crippen LogP contribution < -0.4 is 10.9 Å². The number of amides is 2. The Labute approximate surface area is 135 Å². The third kappa shape index (κ3) is 4.41. The first-order valence-corrected chi connectivity index (χ1v) is 7.97. The fraction of sp³-hybridized carbons (Fsp3) is 0.200. The van der Waals surface area contributed by atoms with E-state index in [1.165, 1.54) is 16.9 Å². The molecule has 2 amide bonds. The highest BCUT2D eigenvalue weighted by molar-refractivity contribution is 9.11. The molecule has 0 fully saturated rings. The van der Waals surface area contributed by atoms with Crippen LogP contribution in [0, 0.1) is 13.8 Å². The molecule has 0 atom stereocenters. The number of hydrogen-bond acceptors (Lipinski definition) is 3. The molecule has 2 rings (SSSR count). The van der Waals surface area contributed by atoms with Crippen molar-refractivity contribution < 1.29 is 9.59 Å². The summed E-state index contributed by atoms with van der Waals surface area (Å²) in [6, 6.07) is 9.36. The fourth-order valence-electron chi connectivity index (χ4n) is 1.77. The molecule has 0 aliphatic carbocycles. The largest absolute Gasteiger partial charge is 0.279 e. The lowest BCUT2D eigenvalue weighted by molar-refractivity contribution is -0.121. The van der Waals surface area contributed by atoms with Gasteiger partial charge in [-0.2, -0.15) is 0 Å². The van der Waals surface area contributed by atoms with Crippen molar-refractivity contribution in [3.63, 3.8) is 0 Å². The third-order valence-corrected chi connectivity index (χ3v) is 4.67. The molecule has 2 N–H and O–H groups in total. The predicted octanol–water partition coefficient (Wildman–Crippen LogP) is 3.13. The lowest BCUT2D eigenvalue weighted by atomic mass is 10.0. The molecule has 1 heterocycles. The normalized spacial score (nSPS) is 10.2. The van der Waals surface area contributed by atoms with Crippen LogP contribution in [-0.4, -0.2) is 11.8 Å². The van der Waals surface area contributed by atoms with E-state index < -0.39 is 0 Å². The van der Waals surface area contributed by atoms with Crippen molar-refractivity contribution in [3.05, 3.63) is 55.7 Å². The third-order valence-electron chi connectivity index (χ3n) is 3.05. The molecule has 0 aliphatic rings. The Balaban J connectivity index is 1.87. The molecule has 0 radical (unpaired) electrons. The summed E-state index contributed by atoms with van der Waals surface area (Å²) >= 11 is 4.60. The summed E-state index contributed by atoms with van der Waals surface area (Å²) in [5.41, 5.74) is 8.09. The van der Waals surface area contributed by atoms with Crippen molar-refractivity contribution in [1.82, 2.24) is 10.9 Å². The lowest BCUT2D eigenvalue weighted by Crippen LogP contribution is -2.42. The monoisotopic (exact) mass is 366 g/mol. The van der Waals surface area contributed by atoms with Crippen LogP contribution in [0.1, 0.15) is 26.4 Å². The number of benzene rings is 1. The molecule has 0 spiro atoms. The summed E-state index contributed by atoms with van der Waals surface area (Å²) in [7, 11) is 0. The fourth-order valence-corrected chi connectivity index (χ4v) is 3.05. The van der Waals surface area contributed by atoms with Gasteiger partial charge in [-0.3, -0.25) is 20.4 Å². The van der Waals surface area contributed by atoms with Gasteiger partial charge in [0.1, 0.15) is 0 Å². The Morgan fingerprint density at radius 1 is 1.10 bits per heavy atom. The van der Waals surface area contributed by atoms with Crippen LogP contribution in [0.25, 0.3) is 0 Å². The Kier molecular flexibility index (Phi) is 5.14. The van der Waals surface area contributed by atoms with E-state index in [1.807, 2.05) is 32.0 Å². The molecule has 0 unspecified atom stereocenters. The molecule has 1 aromatic carbocycles. The molecule has 0 saturated heterocycles. The number of halogens is 1. The average molecular weight is 367 g/mol. The zero-order chi connectivity index (χ0) is 15.4. The van der Waals surface area contributed by atoms with Gasteiger partial charge in [0.25, 0.3) is 5.91 Å². The maximum atomic E-state index is 11.8. The first-order valence-electron chi connectivity index (χ1n) is 6.36. The summed E-state index contributed by atoms with van der Waals surface area (Å²) in [6.07, 6.45) is 0.232. The number of carbonyl (C=O) groups is 2. The van der Waals surface area contributed by atoms with Gasteiger partial charge >= 0.3 is 0 Å². The topological polar surface area (TPSA) is 58.2 Å². The van der Waals surface area contributed by atoms with Crippen LogP contribution in [-0.2, 0) is 11.2 Å². The van der Waals surface area contributed by atoms with Crippen molar-refractivity contribution in [2.24, 2.45) is 0 Å². The Hall–Kier alpha value is -1.66. The van der Waals surface area contributed by atoms with Gasteiger partial charge in [0.05, 0.1) is 15.1 Å². The minimum absolute atomic E-state index is 0.232. The number of hydrazine groups is 1. The number of thiophene rings is 1. The smallest absolute Gasteiger partial charge is 0.273 e. The Bertz CT molecular complexity index is 682. The van der Waals surface area contributed by atoms with Gasteiger partial charge in [-0.25, -0.2) is 0 Å². The highest BCUT2D eigenvalue weighted by Gasteiger charge is 2.10. The second-order valence-corrected chi connectivity index (χ2v) is 7.16. The van der Waals surface area contributed by atoms with E-state index >= 15 is 0 Å². The molecule has 1 aromatic heterocycles. The SMILES string of the molecule is Cc1ccc(CC(=O)NNC(=O)c2ccc(Br)s2)cc1C. The number of nitrogens with one attached hydrogen (secondary N) is 2. The van der Waals surface area contributed by atoms with Gasteiger partial charge in [0, 0.05) is 0 Å². The van der Waals surface area contributed by atoms with Crippen LogP contribution >= 0.6 is 27.3 Å². The van der Waals surface area contributed by atoms with Gasteiger partial charge in [-0.15, -0.1) is 11.3 Å². The first kappa shape index (κ1) is 15.7. The van der Waals surface area contributed by atoms with Crippen LogP contribution in [0.5, 0.6) is 0 Å². The molecule has 2 aromatic rings. The van der Waals surface area contributed by atoms with Gasteiger partial charge in [0.2, 0.25) is 5.91 Å². The average Bonchev–Trinajstić information content (AvgIpc) is 2.87. The summed E-state index contributed by atoms with van der Waals surface area (Å²) in [5.74, 6) is -0.568. The van der Waals surface area contributed by atoms with E-state index in [2.05, 4.69) is 26.8 Å². The lowest BCUT2D eigenvalue weighted by Gasteiger charge is -2.07. The van der Waals surface area contributed by atoms with Crippen LogP contribution in [0.4, 0.5) is 0 Å². The maximum Gasteiger partial charge on any atom is 0.279 e. The number of aryl methyl sites for hydroxylation is 2. The van der Waals surface area contributed by atoms with Crippen molar-refractivity contribution in [2.45, 2.75) is 20.3 Å². The standard InChI is InChI=1S/C15H15BrN2O2S/c1-9-3-4-11(7-10(9)2)8-14(19)17-18-15(20)12-5-6-13(16)21-12/h3-7H,8H2,1-2H3,(H,17,19)(H,18,20). The number of rotatable bonds is 3. The zero-order valence-electron chi connectivity index (χ0n) is 11.7. The molecule has 110 valence electrons. The second-order valence-electron chi connectivity index (χ2n) is 4.70. The van der Waals surface area contributed by atoms with E-state index in [0.717, 1.165) is 14.9 Å². The quantitative estimate of drug-likeness (QED) is 0.819. The minimum Gasteiger partial charge on any atom is -0.273 e. The van der Waals surface area contributed by atoms with Crippen LogP contribution in [0.2, 0.25) is 0 Å². The molecular weight excluding hydrogens is 352 g/mol. The molecule has 0 aliphatic heterocycles. The zero-order valence-corrected chi connectivity index (χ0v) is 14.1. The first-order chi connectivity index (χ1) is 9.95. The van der Waals surface area contributed by atoms with Crippen molar-refractivity contribution in [2.75, 3.05) is 0 Å². The van der Waals surface area contributed by atoms with Gasteiger partial charge < -0.3 is 0 Å². The van der Waals surface area contributed by atoms with E-state index in [9.17, 15) is 9.59 Å². The summed E-state index contributed by atoms with van der Waals surface area (Å²) < 4.78 is 0.870. The van der Waals surface area contributed by atoms with Gasteiger partial charge in [-0.1, -0.05) is 18.2 Å². The van der Waals surface area contributed by atoms with E-state index in [-0.39, 0.29) is 18.2 Å². The predicted molar refractivity (Wildman–Crippen MR) is 87.2 cm³/mol. The van der Waals surface area contributed by atoms with Crippen molar-refractivity contribution in [3.8, 4) is 0 Å². The molecule has 21 heavy (non-hydrogen) atoms. The molecule has 0 saturated carbocycles. The summed E-state index contributed by atoms with van der Waals surface area (Å²) in [4.78, 5) is 24.1. The van der Waals surface area contributed by atoms with Gasteiger partial charge in [-0.05, 0) is 58.6 Å². The highest BCUT2D eigenvalue weighted by Crippen LogP contribution is 2.21. The Morgan fingerprint density at radius 2 is 1.86 bits per heavy atom. The summed E-state index contributed by atoms with van der Waals surface area (Å²) in [6.45, 7) is 4.03. The number of carbonyl (C=O) groups excluding carboxylic acids is 2. The van der Waals surface area contributed by atoms with Crippen molar-refractivity contribution >= 4 is 39.1 Å². The Morgan fingerprint density at radius 3 is 2.48 bits per heavy atom. The maximum absolute atomic E-state index is 11.8. The van der Waals surface area contributed by atoms with Gasteiger partial charge in [0.15, 0.2) is 0 Å². The van der Waals surface area contributed by atoms with E-state index in [4.69, 9.17) is 0 Å². The molecule has 6 heteroatoms. The molecule has 4 nitrogen and oxygen atoms in total. The van der Waals surface area contributed by atoms with E-state index in [0.29, 0.717) is 4.88 Å².